The molecule has 0 radical (unpaired) electrons. The van der Waals surface area contributed by atoms with Crippen LogP contribution in [0, 0.1) is 5.92 Å². The van der Waals surface area contributed by atoms with E-state index in [1.807, 2.05) is 0 Å². The molecule has 3 atom stereocenters. The van der Waals surface area contributed by atoms with Crippen molar-refractivity contribution in [3.8, 4) is 0 Å². The molecule has 0 amide bonds. The molecule has 0 saturated heterocycles. The van der Waals surface area contributed by atoms with Gasteiger partial charge in [0.15, 0.2) is 0 Å². The van der Waals surface area contributed by atoms with Gasteiger partial charge >= 0.3 is 0 Å². The molecule has 2 saturated carbocycles. The Bertz CT molecular complexity index is 158. The monoisotopic (exact) mass is 188 g/mol. The molecular formula is C9H16S2. The van der Waals surface area contributed by atoms with E-state index in [-0.39, 0.29) is 0 Å². The van der Waals surface area contributed by atoms with E-state index < -0.39 is 0 Å². The second-order valence-electron chi connectivity index (χ2n) is 4.03. The average Bonchev–Trinajstić information content (AvgIpc) is 2.34. The first-order chi connectivity index (χ1) is 5.23. The van der Waals surface area contributed by atoms with Gasteiger partial charge in [0.1, 0.15) is 0 Å². The quantitative estimate of drug-likeness (QED) is 0.537. The van der Waals surface area contributed by atoms with Crippen LogP contribution in [-0.2, 0) is 0 Å². The third kappa shape index (κ3) is 1.23. The zero-order valence-electron chi connectivity index (χ0n) is 6.79. The van der Waals surface area contributed by atoms with E-state index in [2.05, 4.69) is 12.6 Å². The molecule has 2 aliphatic carbocycles. The van der Waals surface area contributed by atoms with Crippen LogP contribution in [0.4, 0.5) is 0 Å². The molecule has 3 unspecified atom stereocenters. The van der Waals surface area contributed by atoms with Crippen molar-refractivity contribution >= 4 is 25.3 Å². The third-order valence-electron chi connectivity index (χ3n) is 3.44. The number of rotatable bonds is 0. The van der Waals surface area contributed by atoms with Gasteiger partial charge in [-0.05, 0) is 31.6 Å². The molecule has 0 aliphatic heterocycles. The van der Waals surface area contributed by atoms with Crippen molar-refractivity contribution in [1.82, 2.24) is 0 Å². The highest BCUT2D eigenvalue weighted by Crippen LogP contribution is 2.51. The second kappa shape index (κ2) is 2.88. The molecular weight excluding hydrogens is 172 g/mol. The van der Waals surface area contributed by atoms with Gasteiger partial charge in [-0.15, -0.1) is 0 Å². The minimum absolute atomic E-state index is 0.307. The molecule has 64 valence electrons. The smallest absolute Gasteiger partial charge is 0.0274 e. The number of thiol groups is 2. The summed E-state index contributed by atoms with van der Waals surface area (Å²) in [6, 6.07) is 0. The summed E-state index contributed by atoms with van der Waals surface area (Å²) in [5, 5.41) is 0.562. The highest BCUT2D eigenvalue weighted by atomic mass is 32.1. The predicted octanol–water partition coefficient (Wildman–Crippen LogP) is 2.94. The first-order valence-corrected chi connectivity index (χ1v) is 5.60. The van der Waals surface area contributed by atoms with Gasteiger partial charge < -0.3 is 0 Å². The summed E-state index contributed by atoms with van der Waals surface area (Å²) in [4.78, 5) is 0. The van der Waals surface area contributed by atoms with Crippen LogP contribution >= 0.6 is 25.3 Å². The summed E-state index contributed by atoms with van der Waals surface area (Å²) < 4.78 is 0.307. The Balaban J connectivity index is 2.17. The Hall–Kier alpha value is 0.700. The maximum Gasteiger partial charge on any atom is 0.0274 e. The van der Waals surface area contributed by atoms with Crippen LogP contribution in [0.25, 0.3) is 0 Å². The van der Waals surface area contributed by atoms with Crippen LogP contribution in [0.5, 0.6) is 0 Å². The van der Waals surface area contributed by atoms with Gasteiger partial charge in [0.2, 0.25) is 0 Å². The third-order valence-corrected chi connectivity index (χ3v) is 5.27. The van der Waals surface area contributed by atoms with Crippen molar-refractivity contribution in [2.75, 3.05) is 0 Å². The molecule has 2 fully saturated rings. The topological polar surface area (TPSA) is 0 Å². The van der Waals surface area contributed by atoms with Gasteiger partial charge in [0.05, 0.1) is 0 Å². The summed E-state index contributed by atoms with van der Waals surface area (Å²) in [7, 11) is 0. The van der Waals surface area contributed by atoms with Gasteiger partial charge in [-0.2, -0.15) is 25.3 Å². The normalized spacial score (nSPS) is 50.7. The molecule has 0 aromatic rings. The van der Waals surface area contributed by atoms with E-state index in [0.29, 0.717) is 10.00 Å². The van der Waals surface area contributed by atoms with Gasteiger partial charge in [0.25, 0.3) is 0 Å². The summed E-state index contributed by atoms with van der Waals surface area (Å²) >= 11 is 9.47. The number of hydrogen-bond donors (Lipinski definition) is 2. The molecule has 0 heterocycles. The molecule has 2 aliphatic rings. The van der Waals surface area contributed by atoms with Crippen LogP contribution in [-0.4, -0.2) is 10.00 Å². The van der Waals surface area contributed by atoms with Crippen LogP contribution < -0.4 is 0 Å². The van der Waals surface area contributed by atoms with Crippen molar-refractivity contribution in [2.24, 2.45) is 5.92 Å². The zero-order valence-corrected chi connectivity index (χ0v) is 8.58. The second-order valence-corrected chi connectivity index (χ2v) is 5.48. The van der Waals surface area contributed by atoms with E-state index in [0.717, 1.165) is 5.92 Å². The first kappa shape index (κ1) is 8.31. The fraction of sp³-hybridized carbons (Fsp3) is 1.00. The SMILES string of the molecule is SC1CCCC2CCCC12S. The maximum absolute atomic E-state index is 4.83. The van der Waals surface area contributed by atoms with Gasteiger partial charge in [-0.25, -0.2) is 0 Å². The van der Waals surface area contributed by atoms with E-state index >= 15 is 0 Å². The van der Waals surface area contributed by atoms with Crippen LogP contribution in [0.1, 0.15) is 38.5 Å². The van der Waals surface area contributed by atoms with E-state index in [4.69, 9.17) is 12.6 Å². The average molecular weight is 188 g/mol. The fourth-order valence-corrected chi connectivity index (χ4v) is 3.79. The summed E-state index contributed by atoms with van der Waals surface area (Å²) in [6.07, 6.45) is 8.14. The fourth-order valence-electron chi connectivity index (χ4n) is 2.73. The van der Waals surface area contributed by atoms with Gasteiger partial charge in [-0.1, -0.05) is 12.8 Å². The minimum atomic E-state index is 0.307. The largest absolute Gasteiger partial charge is 0.174 e. The zero-order chi connectivity index (χ0) is 7.90. The first-order valence-electron chi connectivity index (χ1n) is 4.64. The van der Waals surface area contributed by atoms with Gasteiger partial charge in [0, 0.05) is 10.00 Å². The van der Waals surface area contributed by atoms with E-state index in [1.54, 1.807) is 0 Å². The molecule has 11 heavy (non-hydrogen) atoms. The number of hydrogen-bond acceptors (Lipinski definition) is 2. The summed E-state index contributed by atoms with van der Waals surface area (Å²) in [5.41, 5.74) is 0. The standard InChI is InChI=1S/C9H16S2/c10-8-5-1-3-7-4-2-6-9(7,8)11/h7-8,10-11H,1-6H2. The molecule has 0 spiro atoms. The Morgan fingerprint density at radius 3 is 2.55 bits per heavy atom. The van der Waals surface area contributed by atoms with Crippen LogP contribution in [0.15, 0.2) is 0 Å². The highest BCUT2D eigenvalue weighted by Gasteiger charge is 2.46. The Morgan fingerprint density at radius 1 is 1.09 bits per heavy atom. The Kier molecular flexibility index (Phi) is 2.17. The van der Waals surface area contributed by atoms with Crippen LogP contribution in [0.3, 0.4) is 0 Å². The van der Waals surface area contributed by atoms with Crippen LogP contribution in [0.2, 0.25) is 0 Å². The molecule has 0 nitrogen and oxygen atoms in total. The molecule has 2 heteroatoms. The Morgan fingerprint density at radius 2 is 1.82 bits per heavy atom. The lowest BCUT2D eigenvalue weighted by molar-refractivity contribution is 0.324. The highest BCUT2D eigenvalue weighted by molar-refractivity contribution is 7.85. The van der Waals surface area contributed by atoms with Crippen molar-refractivity contribution in [3.63, 3.8) is 0 Å². The van der Waals surface area contributed by atoms with Gasteiger partial charge in [-0.3, -0.25) is 0 Å². The van der Waals surface area contributed by atoms with E-state index in [1.165, 1.54) is 38.5 Å². The Labute approximate surface area is 80.0 Å². The number of fused-ring (bicyclic) bond motifs is 1. The lowest BCUT2D eigenvalue weighted by Crippen LogP contribution is -2.40. The van der Waals surface area contributed by atoms with Crippen molar-refractivity contribution in [1.29, 1.82) is 0 Å². The van der Waals surface area contributed by atoms with Crippen molar-refractivity contribution < 1.29 is 0 Å². The predicted molar refractivity (Wildman–Crippen MR) is 55.7 cm³/mol. The lowest BCUT2D eigenvalue weighted by Gasteiger charge is -2.40. The molecule has 0 aromatic carbocycles. The van der Waals surface area contributed by atoms with Crippen molar-refractivity contribution in [2.45, 2.75) is 48.5 Å². The maximum atomic E-state index is 4.83. The summed E-state index contributed by atoms with van der Waals surface area (Å²) in [5.74, 6) is 0.877. The molecule has 2 rings (SSSR count). The molecule has 0 aromatic heterocycles. The van der Waals surface area contributed by atoms with E-state index in [9.17, 15) is 0 Å². The van der Waals surface area contributed by atoms with Crippen molar-refractivity contribution in [3.05, 3.63) is 0 Å². The molecule has 0 N–H and O–H groups in total. The summed E-state index contributed by atoms with van der Waals surface area (Å²) in [6.45, 7) is 0. The molecule has 0 bridgehead atoms. The lowest BCUT2D eigenvalue weighted by atomic mass is 9.80. The minimum Gasteiger partial charge on any atom is -0.174 e.